The smallest absolute Gasteiger partial charge is 0.0794 e. The van der Waals surface area contributed by atoms with Crippen LogP contribution in [0, 0.1) is 5.92 Å². The van der Waals surface area contributed by atoms with Crippen molar-refractivity contribution in [1.29, 1.82) is 0 Å². The van der Waals surface area contributed by atoms with Gasteiger partial charge < -0.3 is 5.32 Å². The molecule has 0 saturated heterocycles. The summed E-state index contributed by atoms with van der Waals surface area (Å²) in [5.41, 5.74) is 1.87. The highest BCUT2D eigenvalue weighted by Crippen LogP contribution is 2.11. The highest BCUT2D eigenvalue weighted by atomic mass is 35.5. The summed E-state index contributed by atoms with van der Waals surface area (Å²) in [6, 6.07) is 0. The van der Waals surface area contributed by atoms with Gasteiger partial charge in [-0.3, -0.25) is 4.98 Å². The minimum absolute atomic E-state index is 0.723. The first-order valence-corrected chi connectivity index (χ1v) is 6.92. The van der Waals surface area contributed by atoms with Gasteiger partial charge in [-0.2, -0.15) is 0 Å². The predicted molar refractivity (Wildman–Crippen MR) is 67.6 cm³/mol. The number of nitrogens with one attached hydrogen (secondary N) is 1. The third kappa shape index (κ3) is 5.50. The maximum Gasteiger partial charge on any atom is 0.0794 e. The van der Waals surface area contributed by atoms with Gasteiger partial charge in [0.15, 0.2) is 0 Å². The first kappa shape index (κ1) is 12.9. The Morgan fingerprint density at radius 1 is 1.53 bits per heavy atom. The van der Waals surface area contributed by atoms with E-state index in [0.717, 1.165) is 31.3 Å². The molecule has 0 aliphatic carbocycles. The Kier molecular flexibility index (Phi) is 6.98. The van der Waals surface area contributed by atoms with Crippen molar-refractivity contribution in [3.8, 4) is 0 Å². The Bertz CT molecular complexity index is 233. The molecule has 0 aliphatic rings. The lowest BCUT2D eigenvalue weighted by atomic mass is 10.0. The lowest BCUT2D eigenvalue weighted by molar-refractivity contribution is 0.431. The van der Waals surface area contributed by atoms with Gasteiger partial charge >= 0.3 is 0 Å². The van der Waals surface area contributed by atoms with Crippen LogP contribution in [-0.2, 0) is 6.54 Å². The molecule has 1 aromatic rings. The largest absolute Gasteiger partial charge is 0.312 e. The summed E-state index contributed by atoms with van der Waals surface area (Å²) >= 11 is 7.48. The second kappa shape index (κ2) is 8.08. The Morgan fingerprint density at radius 2 is 2.40 bits per heavy atom. The van der Waals surface area contributed by atoms with Gasteiger partial charge in [0.25, 0.3) is 0 Å². The molecule has 86 valence electrons. The van der Waals surface area contributed by atoms with Gasteiger partial charge in [0.1, 0.15) is 0 Å². The Balaban J connectivity index is 2.15. The quantitative estimate of drug-likeness (QED) is 0.712. The van der Waals surface area contributed by atoms with Crippen LogP contribution >= 0.6 is 22.9 Å². The van der Waals surface area contributed by atoms with Crippen LogP contribution in [0.4, 0.5) is 0 Å². The molecule has 1 aromatic heterocycles. The zero-order valence-corrected chi connectivity index (χ0v) is 10.8. The molecule has 4 heteroatoms. The molecule has 0 aromatic carbocycles. The van der Waals surface area contributed by atoms with E-state index in [0.29, 0.717) is 0 Å². The third-order valence-corrected chi connectivity index (χ3v) is 3.43. The molecule has 0 spiro atoms. The van der Waals surface area contributed by atoms with Crippen molar-refractivity contribution in [2.45, 2.75) is 32.7 Å². The molecule has 0 fully saturated rings. The van der Waals surface area contributed by atoms with Crippen molar-refractivity contribution in [3.05, 3.63) is 16.6 Å². The maximum atomic E-state index is 5.77. The van der Waals surface area contributed by atoms with Crippen LogP contribution < -0.4 is 5.32 Å². The van der Waals surface area contributed by atoms with Crippen molar-refractivity contribution in [2.24, 2.45) is 5.92 Å². The topological polar surface area (TPSA) is 24.9 Å². The van der Waals surface area contributed by atoms with E-state index in [-0.39, 0.29) is 0 Å². The Hall–Kier alpha value is -0.120. The standard InChI is InChI=1S/C11H19ClN2S/c1-2-3-10(4-5-12)6-13-7-11-8-14-9-15-11/h8-10,13H,2-7H2,1H3. The van der Waals surface area contributed by atoms with Crippen LogP contribution in [0.15, 0.2) is 11.7 Å². The van der Waals surface area contributed by atoms with Crippen molar-refractivity contribution in [1.82, 2.24) is 10.3 Å². The zero-order chi connectivity index (χ0) is 10.9. The fourth-order valence-corrected chi connectivity index (χ4v) is 2.51. The molecular formula is C11H19ClN2S. The molecule has 1 N–H and O–H groups in total. The highest BCUT2D eigenvalue weighted by Gasteiger charge is 2.06. The molecule has 1 rings (SSSR count). The average Bonchev–Trinajstić information content (AvgIpc) is 2.71. The predicted octanol–water partition coefficient (Wildman–Crippen LogP) is 3.28. The maximum absolute atomic E-state index is 5.77. The number of alkyl halides is 1. The van der Waals surface area contributed by atoms with E-state index in [9.17, 15) is 0 Å². The SMILES string of the molecule is CCCC(CCCl)CNCc1cncs1. The van der Waals surface area contributed by atoms with Gasteiger partial charge in [-0.25, -0.2) is 0 Å². The summed E-state index contributed by atoms with van der Waals surface area (Å²) in [5.74, 6) is 1.49. The molecule has 1 atom stereocenters. The number of aromatic nitrogens is 1. The first-order chi connectivity index (χ1) is 7.36. The van der Waals surface area contributed by atoms with Crippen molar-refractivity contribution >= 4 is 22.9 Å². The summed E-state index contributed by atoms with van der Waals surface area (Å²) in [7, 11) is 0. The van der Waals surface area contributed by atoms with Crippen molar-refractivity contribution in [2.75, 3.05) is 12.4 Å². The summed E-state index contributed by atoms with van der Waals surface area (Å²) in [4.78, 5) is 5.35. The molecule has 15 heavy (non-hydrogen) atoms. The third-order valence-electron chi connectivity index (χ3n) is 2.43. The monoisotopic (exact) mass is 246 g/mol. The van der Waals surface area contributed by atoms with Gasteiger partial charge in [-0.15, -0.1) is 22.9 Å². The van der Waals surface area contributed by atoms with E-state index in [2.05, 4.69) is 17.2 Å². The number of hydrogen-bond donors (Lipinski definition) is 1. The van der Waals surface area contributed by atoms with E-state index in [4.69, 9.17) is 11.6 Å². The van der Waals surface area contributed by atoms with Gasteiger partial charge in [0, 0.05) is 23.5 Å². The molecule has 2 nitrogen and oxygen atoms in total. The Morgan fingerprint density at radius 3 is 3.00 bits per heavy atom. The van der Waals surface area contributed by atoms with Crippen molar-refractivity contribution in [3.63, 3.8) is 0 Å². The number of thiazole rings is 1. The molecule has 0 aliphatic heterocycles. The van der Waals surface area contributed by atoms with E-state index in [1.54, 1.807) is 11.3 Å². The summed E-state index contributed by atoms with van der Waals surface area (Å²) in [5, 5.41) is 3.47. The lowest BCUT2D eigenvalue weighted by Crippen LogP contribution is -2.22. The van der Waals surface area contributed by atoms with Crippen LogP contribution in [0.2, 0.25) is 0 Å². The number of rotatable bonds is 8. The fraction of sp³-hybridized carbons (Fsp3) is 0.727. The molecule has 1 heterocycles. The molecular weight excluding hydrogens is 228 g/mol. The molecule has 0 bridgehead atoms. The minimum Gasteiger partial charge on any atom is -0.312 e. The molecule has 0 radical (unpaired) electrons. The zero-order valence-electron chi connectivity index (χ0n) is 9.21. The van der Waals surface area contributed by atoms with E-state index in [1.807, 2.05) is 11.7 Å². The van der Waals surface area contributed by atoms with Gasteiger partial charge in [0.2, 0.25) is 0 Å². The normalized spacial score (nSPS) is 12.9. The molecule has 1 unspecified atom stereocenters. The minimum atomic E-state index is 0.723. The second-order valence-corrected chi connectivity index (χ2v) is 5.08. The lowest BCUT2D eigenvalue weighted by Gasteiger charge is -2.14. The van der Waals surface area contributed by atoms with Crippen LogP contribution in [0.5, 0.6) is 0 Å². The second-order valence-electron chi connectivity index (χ2n) is 3.73. The van der Waals surface area contributed by atoms with Gasteiger partial charge in [-0.05, 0) is 25.3 Å². The van der Waals surface area contributed by atoms with Gasteiger partial charge in [0.05, 0.1) is 5.51 Å². The van der Waals surface area contributed by atoms with Crippen molar-refractivity contribution < 1.29 is 0 Å². The van der Waals surface area contributed by atoms with Crippen LogP contribution in [-0.4, -0.2) is 17.4 Å². The fourth-order valence-electron chi connectivity index (χ4n) is 1.64. The first-order valence-electron chi connectivity index (χ1n) is 5.50. The molecule has 0 saturated carbocycles. The number of hydrogen-bond acceptors (Lipinski definition) is 3. The average molecular weight is 247 g/mol. The van der Waals surface area contributed by atoms with Crippen LogP contribution in [0.3, 0.4) is 0 Å². The van der Waals surface area contributed by atoms with E-state index < -0.39 is 0 Å². The van der Waals surface area contributed by atoms with Crippen LogP contribution in [0.25, 0.3) is 0 Å². The summed E-state index contributed by atoms with van der Waals surface area (Å²) in [6.07, 6.45) is 5.55. The number of halogens is 1. The van der Waals surface area contributed by atoms with E-state index in [1.165, 1.54) is 17.7 Å². The Labute approximate surface area is 101 Å². The van der Waals surface area contributed by atoms with Gasteiger partial charge in [-0.1, -0.05) is 13.3 Å². The summed E-state index contributed by atoms with van der Waals surface area (Å²) in [6.45, 7) is 4.23. The number of nitrogens with zero attached hydrogens (tertiary/aromatic N) is 1. The highest BCUT2D eigenvalue weighted by molar-refractivity contribution is 7.09. The molecule has 0 amide bonds. The summed E-state index contributed by atoms with van der Waals surface area (Å²) < 4.78 is 0. The van der Waals surface area contributed by atoms with Crippen LogP contribution in [0.1, 0.15) is 31.1 Å². The van der Waals surface area contributed by atoms with E-state index >= 15 is 0 Å².